The van der Waals surface area contributed by atoms with Gasteiger partial charge in [-0.25, -0.2) is 24.0 Å². The van der Waals surface area contributed by atoms with Gasteiger partial charge in [0, 0.05) is 18.8 Å². The number of ether oxygens (including phenoxy) is 7. The number of hydrogen-bond donors (Lipinski definition) is 1. The van der Waals surface area contributed by atoms with Gasteiger partial charge in [0.15, 0.2) is 0 Å². The molecule has 0 aromatic heterocycles. The van der Waals surface area contributed by atoms with E-state index < -0.39 is 17.9 Å². The number of unbranched alkanes of at least 4 members (excludes halogenated alkanes) is 17. The maximum absolute atomic E-state index is 13.4. The lowest BCUT2D eigenvalue weighted by molar-refractivity contribution is -0.138. The van der Waals surface area contributed by atoms with E-state index in [0.717, 1.165) is 77.0 Å². The minimum atomic E-state index is -0.821. The van der Waals surface area contributed by atoms with E-state index in [0.29, 0.717) is 50.8 Å². The van der Waals surface area contributed by atoms with E-state index in [-0.39, 0.29) is 53.3 Å². The monoisotopic (exact) mass is 914 g/mol. The molecule has 0 saturated carbocycles. The molecule has 3 aromatic carbocycles. The van der Waals surface area contributed by atoms with E-state index in [9.17, 15) is 24.0 Å². The fourth-order valence-electron chi connectivity index (χ4n) is 6.74. The van der Waals surface area contributed by atoms with Crippen molar-refractivity contribution in [3.8, 4) is 23.0 Å². The molecule has 0 heterocycles. The van der Waals surface area contributed by atoms with Crippen molar-refractivity contribution >= 4 is 29.8 Å². The van der Waals surface area contributed by atoms with Gasteiger partial charge in [-0.1, -0.05) is 103 Å². The van der Waals surface area contributed by atoms with E-state index in [1.165, 1.54) is 68.9 Å². The Labute approximate surface area is 390 Å². The average molecular weight is 915 g/mol. The van der Waals surface area contributed by atoms with Gasteiger partial charge >= 0.3 is 29.8 Å². The Bertz CT molecular complexity index is 1890. The molecule has 66 heavy (non-hydrogen) atoms. The summed E-state index contributed by atoms with van der Waals surface area (Å²) in [7, 11) is 0. The molecule has 13 nitrogen and oxygen atoms in total. The standard InChI is InChI=1S/C53H70O13/c1-3-49(55)62-38-22-17-13-9-5-7-11-15-20-36-60-43-26-30-45(31-27-43)65-51(57)42-25-34-47(48(41-42)52(58)64-40-24-19-35-54)53(59)66-46-32-28-44(29-33-46)61-37-21-16-12-8-6-10-14-18-23-39-63-50(56)4-2/h3-4,25-34,41,54H,1-2,5-24,35-40H2. The number of aliphatic hydroxyl groups is 1. The van der Waals surface area contributed by atoms with Crippen LogP contribution in [-0.2, 0) is 23.8 Å². The zero-order valence-electron chi connectivity index (χ0n) is 38.7. The first-order valence-corrected chi connectivity index (χ1v) is 23.6. The van der Waals surface area contributed by atoms with Gasteiger partial charge in [0.05, 0.1) is 49.7 Å². The van der Waals surface area contributed by atoms with Crippen molar-refractivity contribution in [3.63, 3.8) is 0 Å². The van der Waals surface area contributed by atoms with Gasteiger partial charge in [0.1, 0.15) is 23.0 Å². The lowest BCUT2D eigenvalue weighted by Crippen LogP contribution is -2.18. The fourth-order valence-corrected chi connectivity index (χ4v) is 6.74. The molecule has 1 N–H and O–H groups in total. The molecule has 13 heteroatoms. The Morgan fingerprint density at radius 3 is 1.18 bits per heavy atom. The summed E-state index contributed by atoms with van der Waals surface area (Å²) in [4.78, 5) is 62.0. The summed E-state index contributed by atoms with van der Waals surface area (Å²) in [5.74, 6) is -1.32. The Morgan fingerprint density at radius 1 is 0.394 bits per heavy atom. The van der Waals surface area contributed by atoms with Crippen molar-refractivity contribution in [3.05, 3.63) is 109 Å². The third kappa shape index (κ3) is 23.8. The molecule has 3 aromatic rings. The first-order valence-electron chi connectivity index (χ1n) is 23.6. The minimum Gasteiger partial charge on any atom is -0.494 e. The van der Waals surface area contributed by atoms with Crippen LogP contribution < -0.4 is 18.9 Å². The lowest BCUT2D eigenvalue weighted by atomic mass is 10.0. The van der Waals surface area contributed by atoms with Crippen molar-refractivity contribution in [1.29, 1.82) is 0 Å². The maximum atomic E-state index is 13.4. The first-order chi connectivity index (χ1) is 32.2. The van der Waals surface area contributed by atoms with Crippen LogP contribution in [0.2, 0.25) is 0 Å². The van der Waals surface area contributed by atoms with E-state index in [4.69, 9.17) is 38.3 Å². The van der Waals surface area contributed by atoms with Gasteiger partial charge in [-0.05, 0) is 105 Å². The van der Waals surface area contributed by atoms with Crippen molar-refractivity contribution in [2.24, 2.45) is 0 Å². The van der Waals surface area contributed by atoms with Gasteiger partial charge in [0.25, 0.3) is 0 Å². The Kier molecular flexibility index (Phi) is 28.3. The topological polar surface area (TPSA) is 170 Å². The first kappa shape index (κ1) is 54.4. The summed E-state index contributed by atoms with van der Waals surface area (Å²) < 4.78 is 38.3. The Balaban J connectivity index is 1.40. The third-order valence-corrected chi connectivity index (χ3v) is 10.5. The van der Waals surface area contributed by atoms with Crippen LogP contribution in [0.15, 0.2) is 92.0 Å². The van der Waals surface area contributed by atoms with Crippen LogP contribution >= 0.6 is 0 Å². The van der Waals surface area contributed by atoms with Crippen LogP contribution in [0, 0.1) is 0 Å². The summed E-state index contributed by atoms with van der Waals surface area (Å²) >= 11 is 0. The summed E-state index contributed by atoms with van der Waals surface area (Å²) in [6.07, 6.45) is 22.6. The van der Waals surface area contributed by atoms with E-state index in [1.54, 1.807) is 48.5 Å². The molecule has 0 radical (unpaired) electrons. The zero-order chi connectivity index (χ0) is 47.5. The molecule has 0 aliphatic carbocycles. The highest BCUT2D eigenvalue weighted by atomic mass is 16.6. The molecule has 360 valence electrons. The molecule has 3 rings (SSSR count). The summed E-state index contributed by atoms with van der Waals surface area (Å²) in [5, 5.41) is 9.13. The van der Waals surface area contributed by atoms with Crippen molar-refractivity contribution in [1.82, 2.24) is 0 Å². The van der Waals surface area contributed by atoms with Gasteiger partial charge in [-0.15, -0.1) is 0 Å². The number of benzene rings is 3. The van der Waals surface area contributed by atoms with E-state index >= 15 is 0 Å². The molecule has 0 atom stereocenters. The largest absolute Gasteiger partial charge is 0.494 e. The second kappa shape index (κ2) is 34.4. The Hall–Kier alpha value is -5.95. The second-order valence-corrected chi connectivity index (χ2v) is 15.9. The number of esters is 5. The number of carbonyl (C=O) groups excluding carboxylic acids is 5. The molecule has 0 unspecified atom stereocenters. The number of aliphatic hydroxyl groups excluding tert-OH is 1. The highest BCUT2D eigenvalue weighted by molar-refractivity contribution is 6.06. The van der Waals surface area contributed by atoms with Crippen LogP contribution in [0.1, 0.15) is 159 Å². The predicted octanol–water partition coefficient (Wildman–Crippen LogP) is 11.3. The zero-order valence-corrected chi connectivity index (χ0v) is 38.7. The number of rotatable bonds is 37. The van der Waals surface area contributed by atoms with Gasteiger partial charge < -0.3 is 38.3 Å². The van der Waals surface area contributed by atoms with Crippen molar-refractivity contribution in [2.75, 3.05) is 39.6 Å². The predicted molar refractivity (Wildman–Crippen MR) is 252 cm³/mol. The number of carbonyl (C=O) groups is 5. The third-order valence-electron chi connectivity index (χ3n) is 10.5. The maximum Gasteiger partial charge on any atom is 0.344 e. The summed E-state index contributed by atoms with van der Waals surface area (Å²) in [6.45, 7) is 8.76. The average Bonchev–Trinajstić information content (AvgIpc) is 3.33. The minimum absolute atomic E-state index is 0.0119. The highest BCUT2D eigenvalue weighted by Gasteiger charge is 2.23. The molecule has 0 bridgehead atoms. The fraction of sp³-hybridized carbons (Fsp3) is 0.491. The highest BCUT2D eigenvalue weighted by Crippen LogP contribution is 2.24. The van der Waals surface area contributed by atoms with E-state index in [1.807, 2.05) is 0 Å². The smallest absolute Gasteiger partial charge is 0.344 e. The van der Waals surface area contributed by atoms with Crippen molar-refractivity contribution < 1.29 is 62.2 Å². The van der Waals surface area contributed by atoms with Crippen LogP contribution in [0.3, 0.4) is 0 Å². The normalized spacial score (nSPS) is 10.7. The van der Waals surface area contributed by atoms with Crippen molar-refractivity contribution in [2.45, 2.75) is 128 Å². The van der Waals surface area contributed by atoms with Gasteiger partial charge in [-0.2, -0.15) is 0 Å². The second-order valence-electron chi connectivity index (χ2n) is 15.9. The molecule has 0 spiro atoms. The molecule has 0 aliphatic heterocycles. The quantitative estimate of drug-likeness (QED) is 0.0191. The molecule has 0 fully saturated rings. The van der Waals surface area contributed by atoms with E-state index in [2.05, 4.69) is 13.2 Å². The summed E-state index contributed by atoms with van der Waals surface area (Å²) in [6, 6.07) is 17.3. The van der Waals surface area contributed by atoms with Crippen LogP contribution in [0.25, 0.3) is 0 Å². The lowest BCUT2D eigenvalue weighted by Gasteiger charge is -2.12. The van der Waals surface area contributed by atoms with Crippen LogP contribution in [0.5, 0.6) is 23.0 Å². The summed E-state index contributed by atoms with van der Waals surface area (Å²) in [5.41, 5.74) is -0.226. The van der Waals surface area contributed by atoms with Crippen LogP contribution in [0.4, 0.5) is 0 Å². The van der Waals surface area contributed by atoms with Gasteiger partial charge in [0.2, 0.25) is 0 Å². The molecule has 0 amide bonds. The van der Waals surface area contributed by atoms with Crippen LogP contribution in [-0.4, -0.2) is 74.6 Å². The molecular formula is C53H70O13. The Morgan fingerprint density at radius 2 is 0.758 bits per heavy atom. The molecule has 0 saturated heterocycles. The molecular weight excluding hydrogens is 845 g/mol. The number of hydrogen-bond acceptors (Lipinski definition) is 13. The molecule has 0 aliphatic rings. The van der Waals surface area contributed by atoms with Gasteiger partial charge in [-0.3, -0.25) is 0 Å². The SMILES string of the molecule is C=CC(=O)OCCCCCCCCCCCOc1ccc(OC(=O)c2ccc(C(=O)Oc3ccc(OCCCCCCCCCCCOC(=O)C=C)cc3)c(C(=O)OCCCCO)c2)cc1.